The molecule has 0 bridgehead atoms. The highest BCUT2D eigenvalue weighted by Gasteiger charge is 2.30. The molecule has 3 aromatic rings. The van der Waals surface area contributed by atoms with Crippen LogP contribution in [0, 0.1) is 5.82 Å². The van der Waals surface area contributed by atoms with Gasteiger partial charge in [0.2, 0.25) is 0 Å². The first-order valence-electron chi connectivity index (χ1n) is 7.34. The van der Waals surface area contributed by atoms with Crippen molar-refractivity contribution in [2.24, 2.45) is 0 Å². The van der Waals surface area contributed by atoms with Gasteiger partial charge in [-0.3, -0.25) is 14.9 Å². The second kappa shape index (κ2) is 6.28. The maximum atomic E-state index is 13.7. The minimum Gasteiger partial charge on any atom is -0.505 e. The molecule has 0 radical (unpaired) electrons. The number of H-pyrrole nitrogens is 1. The van der Waals surface area contributed by atoms with Crippen LogP contribution in [0.3, 0.4) is 0 Å². The number of carbonyl (C=O) groups is 1. The van der Waals surface area contributed by atoms with E-state index in [1.807, 2.05) is 0 Å². The summed E-state index contributed by atoms with van der Waals surface area (Å²) in [5.74, 6) is -2.40. The molecule has 0 unspecified atom stereocenters. The van der Waals surface area contributed by atoms with Gasteiger partial charge in [0.25, 0.3) is 5.91 Å². The minimum atomic E-state index is -4.55. The number of phenols is 1. The van der Waals surface area contributed by atoms with Crippen molar-refractivity contribution >= 4 is 16.8 Å². The fourth-order valence-electron chi connectivity index (χ4n) is 2.56. The number of hydrogen-bond acceptors (Lipinski definition) is 4. The molecular weight excluding hydrogens is 356 g/mol. The van der Waals surface area contributed by atoms with Crippen molar-refractivity contribution in [2.45, 2.75) is 12.6 Å². The van der Waals surface area contributed by atoms with Crippen LogP contribution in [-0.2, 0) is 6.42 Å². The molecule has 0 saturated carbocycles. The third-order valence-electron chi connectivity index (χ3n) is 3.73. The number of rotatable bonds is 3. The summed E-state index contributed by atoms with van der Waals surface area (Å²) in [7, 11) is 1.42. The smallest absolute Gasteiger partial charge is 0.393 e. The van der Waals surface area contributed by atoms with E-state index in [2.05, 4.69) is 20.5 Å². The Balaban J connectivity index is 2.14. The molecule has 1 aromatic carbocycles. The number of hydrogen-bond donors (Lipinski definition) is 3. The van der Waals surface area contributed by atoms with E-state index in [4.69, 9.17) is 0 Å². The number of nitrogens with one attached hydrogen (secondary N) is 2. The number of aromatic hydroxyl groups is 1. The molecule has 1 amide bonds. The first-order chi connectivity index (χ1) is 12.2. The van der Waals surface area contributed by atoms with Crippen molar-refractivity contribution in [1.82, 2.24) is 20.5 Å². The summed E-state index contributed by atoms with van der Waals surface area (Å²) < 4.78 is 52.1. The van der Waals surface area contributed by atoms with Crippen molar-refractivity contribution in [3.8, 4) is 17.0 Å². The number of benzene rings is 1. The zero-order chi connectivity index (χ0) is 19.1. The number of pyridine rings is 1. The van der Waals surface area contributed by atoms with E-state index >= 15 is 0 Å². The Morgan fingerprint density at radius 1 is 1.31 bits per heavy atom. The lowest BCUT2D eigenvalue weighted by molar-refractivity contribution is -0.127. The van der Waals surface area contributed by atoms with Gasteiger partial charge in [-0.2, -0.15) is 18.3 Å². The maximum absolute atomic E-state index is 13.7. The number of phenolic OH excluding ortho intramolecular Hbond substituents is 1. The Bertz CT molecular complexity index is 998. The van der Waals surface area contributed by atoms with Crippen LogP contribution in [-0.4, -0.2) is 39.4 Å². The summed E-state index contributed by atoms with van der Waals surface area (Å²) in [4.78, 5) is 15.7. The highest BCUT2D eigenvalue weighted by Crippen LogP contribution is 2.34. The summed E-state index contributed by atoms with van der Waals surface area (Å²) >= 11 is 0. The lowest BCUT2D eigenvalue weighted by Crippen LogP contribution is -2.18. The van der Waals surface area contributed by atoms with Crippen LogP contribution in [0.1, 0.15) is 16.1 Å². The minimum absolute atomic E-state index is 0.0442. The second-order valence-corrected chi connectivity index (χ2v) is 5.52. The Labute approximate surface area is 143 Å². The summed E-state index contributed by atoms with van der Waals surface area (Å²) in [6.45, 7) is 0. The summed E-state index contributed by atoms with van der Waals surface area (Å²) in [5, 5.41) is 18.6. The lowest BCUT2D eigenvalue weighted by Gasteiger charge is -2.13. The average molecular weight is 368 g/mol. The zero-order valence-corrected chi connectivity index (χ0v) is 13.3. The van der Waals surface area contributed by atoms with Gasteiger partial charge in [0.05, 0.1) is 23.0 Å². The molecule has 0 atom stereocenters. The van der Waals surface area contributed by atoms with E-state index in [9.17, 15) is 27.5 Å². The normalized spacial score (nSPS) is 11.7. The fraction of sp³-hybridized carbons (Fsp3) is 0.188. The van der Waals surface area contributed by atoms with Crippen LogP contribution in [0.2, 0.25) is 0 Å². The Hall–Kier alpha value is -3.17. The van der Waals surface area contributed by atoms with Crippen molar-refractivity contribution in [3.05, 3.63) is 41.5 Å². The third-order valence-corrected chi connectivity index (χ3v) is 3.73. The van der Waals surface area contributed by atoms with E-state index in [-0.39, 0.29) is 22.5 Å². The molecule has 6 nitrogen and oxygen atoms in total. The summed E-state index contributed by atoms with van der Waals surface area (Å²) in [5.41, 5.74) is 0.0293. The fourth-order valence-corrected chi connectivity index (χ4v) is 2.56. The van der Waals surface area contributed by atoms with Gasteiger partial charge in [-0.05, 0) is 23.8 Å². The number of aromatic amines is 1. The molecule has 2 aromatic heterocycles. The number of nitrogens with zero attached hydrogens (tertiary/aromatic N) is 2. The van der Waals surface area contributed by atoms with E-state index < -0.39 is 30.1 Å². The largest absolute Gasteiger partial charge is 0.505 e. The number of aromatic nitrogens is 3. The SMILES string of the molecule is CNC(=O)c1n[nH]c2cc(-c3cc(F)c(O)cc3CC(F)(F)F)ncc12. The number of fused-ring (bicyclic) bond motifs is 1. The molecule has 136 valence electrons. The highest BCUT2D eigenvalue weighted by molar-refractivity contribution is 6.04. The maximum Gasteiger partial charge on any atom is 0.393 e. The van der Waals surface area contributed by atoms with E-state index in [0.717, 1.165) is 12.1 Å². The molecule has 26 heavy (non-hydrogen) atoms. The number of amides is 1. The molecule has 0 aliphatic heterocycles. The molecule has 0 fully saturated rings. The van der Waals surface area contributed by atoms with Crippen LogP contribution < -0.4 is 5.32 Å². The van der Waals surface area contributed by atoms with Crippen LogP contribution in [0.4, 0.5) is 17.6 Å². The number of alkyl halides is 3. The van der Waals surface area contributed by atoms with Crippen LogP contribution in [0.25, 0.3) is 22.2 Å². The second-order valence-electron chi connectivity index (χ2n) is 5.52. The van der Waals surface area contributed by atoms with Gasteiger partial charge in [0.1, 0.15) is 0 Å². The summed E-state index contributed by atoms with van der Waals surface area (Å²) in [6, 6.07) is 2.88. The van der Waals surface area contributed by atoms with Crippen LogP contribution in [0.15, 0.2) is 24.4 Å². The molecule has 2 heterocycles. The quantitative estimate of drug-likeness (QED) is 0.620. The van der Waals surface area contributed by atoms with Crippen LogP contribution in [0.5, 0.6) is 5.75 Å². The zero-order valence-electron chi connectivity index (χ0n) is 13.3. The highest BCUT2D eigenvalue weighted by atomic mass is 19.4. The van der Waals surface area contributed by atoms with E-state index in [0.29, 0.717) is 10.9 Å². The van der Waals surface area contributed by atoms with Crippen molar-refractivity contribution in [2.75, 3.05) is 7.05 Å². The van der Waals surface area contributed by atoms with E-state index in [1.54, 1.807) is 0 Å². The lowest BCUT2D eigenvalue weighted by atomic mass is 9.99. The van der Waals surface area contributed by atoms with Gasteiger partial charge in [-0.15, -0.1) is 0 Å². The van der Waals surface area contributed by atoms with Gasteiger partial charge in [0, 0.05) is 18.8 Å². The number of halogens is 4. The Kier molecular flexibility index (Phi) is 4.26. The molecule has 0 aliphatic carbocycles. The third kappa shape index (κ3) is 3.30. The van der Waals surface area contributed by atoms with Gasteiger partial charge < -0.3 is 10.4 Å². The Morgan fingerprint density at radius 2 is 2.04 bits per heavy atom. The van der Waals surface area contributed by atoms with Gasteiger partial charge in [0.15, 0.2) is 17.3 Å². The predicted molar refractivity (Wildman–Crippen MR) is 84.1 cm³/mol. The monoisotopic (exact) mass is 368 g/mol. The predicted octanol–water partition coefficient (Wildman–Crippen LogP) is 2.93. The molecule has 0 spiro atoms. The Morgan fingerprint density at radius 3 is 2.69 bits per heavy atom. The van der Waals surface area contributed by atoms with Crippen molar-refractivity contribution < 1.29 is 27.5 Å². The van der Waals surface area contributed by atoms with Crippen LogP contribution >= 0.6 is 0 Å². The van der Waals surface area contributed by atoms with Gasteiger partial charge in [-0.25, -0.2) is 4.39 Å². The first-order valence-corrected chi connectivity index (χ1v) is 7.34. The molecule has 10 heteroatoms. The molecular formula is C16H12F4N4O2. The van der Waals surface area contributed by atoms with E-state index in [1.165, 1.54) is 19.3 Å². The number of carbonyl (C=O) groups excluding carboxylic acids is 1. The van der Waals surface area contributed by atoms with Gasteiger partial charge in [-0.1, -0.05) is 0 Å². The molecule has 3 rings (SSSR count). The molecule has 3 N–H and O–H groups in total. The van der Waals surface area contributed by atoms with Gasteiger partial charge >= 0.3 is 6.18 Å². The molecule has 0 aliphatic rings. The average Bonchev–Trinajstić information content (AvgIpc) is 2.99. The first kappa shape index (κ1) is 17.6. The van der Waals surface area contributed by atoms with Crippen molar-refractivity contribution in [3.63, 3.8) is 0 Å². The standard InChI is InChI=1S/C16H12F4N4O2/c1-21-15(26)14-9-6-22-11(4-12(9)23-24-14)8-3-10(17)13(25)2-7(8)5-16(18,19)20/h2-4,6,25H,5H2,1H3,(H,21,26)(H,23,24). The summed E-state index contributed by atoms with van der Waals surface area (Å²) in [6.07, 6.45) is -4.65. The molecule has 0 saturated heterocycles. The topological polar surface area (TPSA) is 90.9 Å². The van der Waals surface area contributed by atoms with Crippen molar-refractivity contribution in [1.29, 1.82) is 0 Å².